The van der Waals surface area contributed by atoms with Crippen LogP contribution in [-0.4, -0.2) is 37.8 Å². The molecule has 27 heavy (non-hydrogen) atoms. The van der Waals surface area contributed by atoms with Crippen LogP contribution in [0.3, 0.4) is 0 Å². The Morgan fingerprint density at radius 2 is 1.56 bits per heavy atom. The summed E-state index contributed by atoms with van der Waals surface area (Å²) in [6.07, 6.45) is 0. The van der Waals surface area contributed by atoms with E-state index in [1.54, 1.807) is 38.1 Å². The van der Waals surface area contributed by atoms with Gasteiger partial charge in [0.2, 0.25) is 0 Å². The Labute approximate surface area is 157 Å². The van der Waals surface area contributed by atoms with E-state index in [1.165, 1.54) is 31.4 Å². The monoisotopic (exact) mass is 391 g/mol. The maximum Gasteiger partial charge on any atom is 0.330 e. The highest BCUT2D eigenvalue weighted by Crippen LogP contribution is 2.20. The average Bonchev–Trinajstić information content (AvgIpc) is 2.65. The third kappa shape index (κ3) is 4.65. The van der Waals surface area contributed by atoms with Gasteiger partial charge < -0.3 is 15.2 Å². The van der Waals surface area contributed by atoms with Crippen LogP contribution in [0, 0.1) is 0 Å². The van der Waals surface area contributed by atoms with Crippen molar-refractivity contribution in [3.63, 3.8) is 0 Å². The largest absolute Gasteiger partial charge is 0.497 e. The van der Waals surface area contributed by atoms with Crippen molar-refractivity contribution >= 4 is 21.7 Å². The molecule has 0 aliphatic heterocycles. The molecule has 0 heterocycles. The number of methoxy groups -OCH3 is 1. The van der Waals surface area contributed by atoms with Gasteiger partial charge in [0, 0.05) is 5.56 Å². The van der Waals surface area contributed by atoms with Gasteiger partial charge in [-0.05, 0) is 55.8 Å². The van der Waals surface area contributed by atoms with E-state index in [-0.39, 0.29) is 10.5 Å². The van der Waals surface area contributed by atoms with Gasteiger partial charge in [-0.3, -0.25) is 4.79 Å². The van der Waals surface area contributed by atoms with Gasteiger partial charge in [-0.1, -0.05) is 12.1 Å². The summed E-state index contributed by atoms with van der Waals surface area (Å²) in [6.45, 7) is 3.14. The number of carboxylic acids is 1. The second-order valence-corrected chi connectivity index (χ2v) is 8.64. The molecule has 0 aliphatic carbocycles. The molecule has 7 nitrogen and oxygen atoms in total. The number of hydrogen-bond donors (Lipinski definition) is 2. The van der Waals surface area contributed by atoms with Crippen LogP contribution in [0.1, 0.15) is 35.8 Å². The molecule has 8 heteroatoms. The third-order valence-electron chi connectivity index (χ3n) is 4.04. The second kappa shape index (κ2) is 8.22. The first-order chi connectivity index (χ1) is 12.7. The van der Waals surface area contributed by atoms with Crippen molar-refractivity contribution in [2.24, 2.45) is 0 Å². The van der Waals surface area contributed by atoms with Crippen LogP contribution in [-0.2, 0) is 14.6 Å². The molecule has 0 saturated heterocycles. The number of carbonyl (C=O) groups excluding carboxylic acids is 1. The number of rotatable bonds is 7. The fourth-order valence-electron chi connectivity index (χ4n) is 2.37. The van der Waals surface area contributed by atoms with Gasteiger partial charge in [-0.15, -0.1) is 0 Å². The van der Waals surface area contributed by atoms with Crippen molar-refractivity contribution in [3.8, 4) is 5.75 Å². The van der Waals surface area contributed by atoms with Gasteiger partial charge in [-0.2, -0.15) is 0 Å². The highest BCUT2D eigenvalue weighted by atomic mass is 32.2. The number of carboxylic acid groups (broad SMARTS) is 1. The van der Waals surface area contributed by atoms with E-state index in [2.05, 4.69) is 5.32 Å². The first kappa shape index (κ1) is 20.4. The molecule has 1 unspecified atom stereocenters. The minimum absolute atomic E-state index is 0.110. The van der Waals surface area contributed by atoms with Gasteiger partial charge in [0.05, 0.1) is 17.3 Å². The van der Waals surface area contributed by atoms with Gasteiger partial charge >= 0.3 is 5.97 Å². The Hall–Kier alpha value is -2.87. The maximum atomic E-state index is 12.4. The van der Waals surface area contributed by atoms with Crippen LogP contribution in [0.15, 0.2) is 53.4 Å². The molecule has 0 spiro atoms. The quantitative estimate of drug-likeness (QED) is 0.750. The molecule has 0 aliphatic rings. The minimum Gasteiger partial charge on any atom is -0.497 e. The van der Waals surface area contributed by atoms with Crippen molar-refractivity contribution in [3.05, 3.63) is 59.7 Å². The summed E-state index contributed by atoms with van der Waals surface area (Å²) in [5.74, 6) is -1.27. The molecule has 2 rings (SSSR count). The summed E-state index contributed by atoms with van der Waals surface area (Å²) in [7, 11) is -1.95. The molecule has 0 fully saturated rings. The van der Waals surface area contributed by atoms with Gasteiger partial charge in [0.25, 0.3) is 5.91 Å². The van der Waals surface area contributed by atoms with Crippen LogP contribution in [0.4, 0.5) is 0 Å². The number of aliphatic carboxylic acids is 1. The number of hydrogen-bond acceptors (Lipinski definition) is 5. The third-order valence-corrected chi connectivity index (χ3v) is 6.21. The first-order valence-corrected chi connectivity index (χ1v) is 9.73. The van der Waals surface area contributed by atoms with Crippen molar-refractivity contribution in [2.75, 3.05) is 7.11 Å². The van der Waals surface area contributed by atoms with E-state index in [0.717, 1.165) is 0 Å². The topological polar surface area (TPSA) is 110 Å². The lowest BCUT2D eigenvalue weighted by Crippen LogP contribution is -2.33. The number of amides is 1. The van der Waals surface area contributed by atoms with Crippen molar-refractivity contribution in [1.29, 1.82) is 0 Å². The number of ether oxygens (including phenoxy) is 1. The van der Waals surface area contributed by atoms with E-state index in [1.807, 2.05) is 0 Å². The maximum absolute atomic E-state index is 12.4. The zero-order valence-electron chi connectivity index (χ0n) is 15.2. The lowest BCUT2D eigenvalue weighted by atomic mass is 10.1. The number of benzene rings is 2. The highest BCUT2D eigenvalue weighted by Gasteiger charge is 2.24. The molecule has 0 radical (unpaired) electrons. The first-order valence-electron chi connectivity index (χ1n) is 8.18. The zero-order chi connectivity index (χ0) is 20.2. The summed E-state index contributed by atoms with van der Waals surface area (Å²) in [5, 5.41) is 11.3. The lowest BCUT2D eigenvalue weighted by Gasteiger charge is -2.16. The molecular weight excluding hydrogens is 370 g/mol. The van der Waals surface area contributed by atoms with Crippen LogP contribution >= 0.6 is 0 Å². The Morgan fingerprint density at radius 3 is 2.00 bits per heavy atom. The van der Waals surface area contributed by atoms with Crippen LogP contribution in [0.2, 0.25) is 0 Å². The minimum atomic E-state index is -3.44. The molecule has 1 atom stereocenters. The number of sulfone groups is 1. The summed E-state index contributed by atoms with van der Waals surface area (Å²) >= 11 is 0. The Bertz CT molecular complexity index is 918. The molecule has 0 aromatic heterocycles. The standard InChI is InChI=1S/C19H21NO6S/c1-12(2)27(24,25)16-10-6-14(7-11-16)18(21)20-17(19(22)23)13-4-8-15(26-3)9-5-13/h4-12,17H,1-3H3,(H,20,21)(H,22,23). The fourth-order valence-corrected chi connectivity index (χ4v) is 3.43. The summed E-state index contributed by atoms with van der Waals surface area (Å²) in [6, 6.07) is 10.5. The second-order valence-electron chi connectivity index (χ2n) is 6.14. The van der Waals surface area contributed by atoms with E-state index < -0.39 is 33.0 Å². The molecule has 2 aromatic carbocycles. The lowest BCUT2D eigenvalue weighted by molar-refractivity contribution is -0.139. The fraction of sp³-hybridized carbons (Fsp3) is 0.263. The Kier molecular flexibility index (Phi) is 6.22. The molecule has 2 N–H and O–H groups in total. The van der Waals surface area contributed by atoms with Crippen LogP contribution in [0.5, 0.6) is 5.75 Å². The van der Waals surface area contributed by atoms with Crippen LogP contribution in [0.25, 0.3) is 0 Å². The Balaban J connectivity index is 2.21. The number of carbonyl (C=O) groups is 2. The molecule has 0 bridgehead atoms. The predicted molar refractivity (Wildman–Crippen MR) is 99.6 cm³/mol. The zero-order valence-corrected chi connectivity index (χ0v) is 16.0. The van der Waals surface area contributed by atoms with E-state index >= 15 is 0 Å². The van der Waals surface area contributed by atoms with E-state index in [4.69, 9.17) is 4.74 Å². The van der Waals surface area contributed by atoms with Gasteiger partial charge in [0.15, 0.2) is 15.9 Å². The predicted octanol–water partition coefficient (Wildman–Crippen LogP) is 2.43. The molecule has 0 saturated carbocycles. The van der Waals surface area contributed by atoms with Gasteiger partial charge in [0.1, 0.15) is 5.75 Å². The molecule has 144 valence electrons. The van der Waals surface area contributed by atoms with Gasteiger partial charge in [-0.25, -0.2) is 13.2 Å². The normalized spacial score (nSPS) is 12.4. The summed E-state index contributed by atoms with van der Waals surface area (Å²) in [5.41, 5.74) is 0.549. The average molecular weight is 391 g/mol. The van der Waals surface area contributed by atoms with E-state index in [9.17, 15) is 23.1 Å². The summed E-state index contributed by atoms with van der Waals surface area (Å²) in [4.78, 5) is 24.1. The molecule has 1 amide bonds. The summed E-state index contributed by atoms with van der Waals surface area (Å²) < 4.78 is 29.3. The molecular formula is C19H21NO6S. The molecule has 2 aromatic rings. The smallest absolute Gasteiger partial charge is 0.330 e. The van der Waals surface area contributed by atoms with Crippen LogP contribution < -0.4 is 10.1 Å². The Morgan fingerprint density at radius 1 is 1.00 bits per heavy atom. The highest BCUT2D eigenvalue weighted by molar-refractivity contribution is 7.92. The van der Waals surface area contributed by atoms with Crippen molar-refractivity contribution in [1.82, 2.24) is 5.32 Å². The number of nitrogens with one attached hydrogen (secondary N) is 1. The SMILES string of the molecule is COc1ccc(C(NC(=O)c2ccc(S(=O)(=O)C(C)C)cc2)C(=O)O)cc1. The van der Waals surface area contributed by atoms with Crippen molar-refractivity contribution in [2.45, 2.75) is 30.0 Å². The van der Waals surface area contributed by atoms with E-state index in [0.29, 0.717) is 11.3 Å². The van der Waals surface area contributed by atoms with Crippen molar-refractivity contribution < 1.29 is 27.9 Å².